The van der Waals surface area contributed by atoms with E-state index in [0.29, 0.717) is 5.56 Å². The van der Waals surface area contributed by atoms with E-state index in [1.54, 1.807) is 6.20 Å². The van der Waals surface area contributed by atoms with Crippen molar-refractivity contribution in [3.05, 3.63) is 77.3 Å². The largest absolute Gasteiger partial charge is 0.500 e. The number of esters is 1. The molecule has 0 spiro atoms. The van der Waals surface area contributed by atoms with E-state index < -0.39 is 29.3 Å². The molecule has 0 saturated carbocycles. The summed E-state index contributed by atoms with van der Waals surface area (Å²) in [5.74, 6) is -4.63. The molecule has 0 radical (unpaired) electrons. The fourth-order valence-corrected chi connectivity index (χ4v) is 2.76. The number of fused-ring (bicyclic) bond motifs is 1. The molecule has 1 amide bonds. The number of azo groups is 1. The molecular formula is C22H19N5O6. The van der Waals surface area contributed by atoms with Gasteiger partial charge < -0.3 is 19.9 Å². The van der Waals surface area contributed by atoms with Crippen LogP contribution in [-0.4, -0.2) is 45.9 Å². The van der Waals surface area contributed by atoms with Crippen LogP contribution in [0.5, 0.6) is 0 Å². The third-order valence-corrected chi connectivity index (χ3v) is 4.29. The molecule has 11 heteroatoms. The van der Waals surface area contributed by atoms with Crippen LogP contribution >= 0.6 is 0 Å². The lowest BCUT2D eigenvalue weighted by atomic mass is 10.2. The number of carboxylic acids is 1. The van der Waals surface area contributed by atoms with Gasteiger partial charge in [0.05, 0.1) is 18.4 Å². The number of aliphatic hydroxyl groups is 1. The molecule has 0 aliphatic carbocycles. The van der Waals surface area contributed by atoms with Crippen LogP contribution in [0.2, 0.25) is 0 Å². The minimum Gasteiger partial charge on any atom is -0.500 e. The van der Waals surface area contributed by atoms with Gasteiger partial charge in [-0.25, -0.2) is 15.0 Å². The minimum absolute atomic E-state index is 0.0600. The molecule has 1 heterocycles. The summed E-state index contributed by atoms with van der Waals surface area (Å²) in [5.41, 5.74) is 2.64. The molecule has 0 saturated heterocycles. The SMILES string of the molecule is CCOC(=O)/C(O)=C(/N=Nc1ccccc1C(=O)O)C(=O)N/N=C/c1c[nH]c2ccccc12. The Morgan fingerprint density at radius 2 is 1.82 bits per heavy atom. The number of aromatic amines is 1. The van der Waals surface area contributed by atoms with E-state index >= 15 is 0 Å². The normalized spacial score (nSPS) is 12.2. The van der Waals surface area contributed by atoms with Crippen LogP contribution in [-0.2, 0) is 14.3 Å². The average Bonchev–Trinajstić information content (AvgIpc) is 3.22. The molecule has 3 aromatic rings. The average molecular weight is 449 g/mol. The second-order valence-corrected chi connectivity index (χ2v) is 6.43. The summed E-state index contributed by atoms with van der Waals surface area (Å²) in [6, 6.07) is 13.1. The first-order chi connectivity index (χ1) is 15.9. The summed E-state index contributed by atoms with van der Waals surface area (Å²) in [6.45, 7) is 1.45. The van der Waals surface area contributed by atoms with Crippen molar-refractivity contribution >= 4 is 40.7 Å². The van der Waals surface area contributed by atoms with Crippen molar-refractivity contribution in [3.8, 4) is 0 Å². The van der Waals surface area contributed by atoms with Crippen LogP contribution in [0.4, 0.5) is 5.69 Å². The van der Waals surface area contributed by atoms with Crippen molar-refractivity contribution in [1.29, 1.82) is 0 Å². The van der Waals surface area contributed by atoms with E-state index in [2.05, 4.69) is 25.7 Å². The summed E-state index contributed by atoms with van der Waals surface area (Å²) in [5, 5.41) is 31.4. The smallest absolute Gasteiger partial charge is 0.376 e. The Morgan fingerprint density at radius 1 is 1.09 bits per heavy atom. The number of nitrogens with zero attached hydrogens (tertiary/aromatic N) is 3. The number of carboxylic acid groups (broad SMARTS) is 1. The predicted octanol–water partition coefficient (Wildman–Crippen LogP) is 3.43. The zero-order valence-corrected chi connectivity index (χ0v) is 17.3. The molecule has 1 aromatic heterocycles. The van der Waals surface area contributed by atoms with E-state index in [9.17, 15) is 24.6 Å². The number of para-hydroxylation sites is 1. The van der Waals surface area contributed by atoms with Gasteiger partial charge in [0.15, 0.2) is 0 Å². The Morgan fingerprint density at radius 3 is 2.58 bits per heavy atom. The van der Waals surface area contributed by atoms with Crippen molar-refractivity contribution < 1.29 is 29.3 Å². The number of amides is 1. The Hall–Kier alpha value is -4.80. The molecular weight excluding hydrogens is 430 g/mol. The summed E-state index contributed by atoms with van der Waals surface area (Å²) in [7, 11) is 0. The number of aliphatic hydroxyl groups excluding tert-OH is 1. The van der Waals surface area contributed by atoms with Gasteiger partial charge in [-0.3, -0.25) is 4.79 Å². The standard InChI is InChI=1S/C22H19N5O6/c1-2-33-22(32)19(28)18(26-25-17-10-6-4-8-15(17)21(30)31)20(29)27-24-12-13-11-23-16-9-5-3-7-14(13)16/h3-12,23,28H,2H2,1H3,(H,27,29)(H,30,31)/b19-18-,24-12+,26-25?. The number of hydrazone groups is 1. The van der Waals surface area contributed by atoms with E-state index in [1.165, 1.54) is 37.4 Å². The van der Waals surface area contributed by atoms with Gasteiger partial charge in [-0.05, 0) is 25.1 Å². The number of rotatable bonds is 8. The van der Waals surface area contributed by atoms with Crippen LogP contribution in [0.3, 0.4) is 0 Å². The van der Waals surface area contributed by atoms with Crippen LogP contribution in [0, 0.1) is 0 Å². The van der Waals surface area contributed by atoms with Crippen molar-refractivity contribution in [1.82, 2.24) is 10.4 Å². The molecule has 3 rings (SSSR count). The van der Waals surface area contributed by atoms with Gasteiger partial charge >= 0.3 is 11.9 Å². The van der Waals surface area contributed by atoms with Crippen molar-refractivity contribution in [3.63, 3.8) is 0 Å². The lowest BCUT2D eigenvalue weighted by Crippen LogP contribution is -2.22. The van der Waals surface area contributed by atoms with Gasteiger partial charge in [0.25, 0.3) is 5.91 Å². The summed E-state index contributed by atoms with van der Waals surface area (Å²) < 4.78 is 4.70. The third-order valence-electron chi connectivity index (χ3n) is 4.29. The van der Waals surface area contributed by atoms with Crippen LogP contribution < -0.4 is 5.43 Å². The Balaban J connectivity index is 1.88. The van der Waals surface area contributed by atoms with E-state index in [-0.39, 0.29) is 17.9 Å². The predicted molar refractivity (Wildman–Crippen MR) is 118 cm³/mol. The first kappa shape index (κ1) is 22.9. The maximum atomic E-state index is 12.6. The Labute approximate surface area is 187 Å². The van der Waals surface area contributed by atoms with Crippen molar-refractivity contribution in [2.45, 2.75) is 6.92 Å². The number of H-pyrrole nitrogens is 1. The number of hydrogen-bond acceptors (Lipinski definition) is 8. The van der Waals surface area contributed by atoms with Crippen LogP contribution in [0.1, 0.15) is 22.8 Å². The second kappa shape index (κ2) is 10.5. The highest BCUT2D eigenvalue weighted by atomic mass is 16.5. The quantitative estimate of drug-likeness (QED) is 0.103. The molecule has 33 heavy (non-hydrogen) atoms. The number of nitrogens with one attached hydrogen (secondary N) is 2. The monoisotopic (exact) mass is 449 g/mol. The second-order valence-electron chi connectivity index (χ2n) is 6.43. The molecule has 0 fully saturated rings. The molecule has 2 aromatic carbocycles. The topological polar surface area (TPSA) is 166 Å². The molecule has 0 aliphatic heterocycles. The third kappa shape index (κ3) is 5.47. The van der Waals surface area contributed by atoms with Gasteiger partial charge in [0.1, 0.15) is 5.69 Å². The van der Waals surface area contributed by atoms with Gasteiger partial charge in [-0.15, -0.1) is 10.2 Å². The molecule has 4 N–H and O–H groups in total. The fraction of sp³-hybridized carbons (Fsp3) is 0.0909. The summed E-state index contributed by atoms with van der Waals surface area (Å²) in [6.07, 6.45) is 3.06. The molecule has 0 aliphatic rings. The maximum absolute atomic E-state index is 12.6. The van der Waals surface area contributed by atoms with E-state index in [1.807, 2.05) is 24.3 Å². The Bertz CT molecular complexity index is 1290. The molecule has 0 atom stereocenters. The highest BCUT2D eigenvalue weighted by molar-refractivity contribution is 6.02. The van der Waals surface area contributed by atoms with Gasteiger partial charge in [-0.1, -0.05) is 30.3 Å². The maximum Gasteiger partial charge on any atom is 0.376 e. The van der Waals surface area contributed by atoms with Crippen molar-refractivity contribution in [2.24, 2.45) is 15.3 Å². The number of benzene rings is 2. The molecule has 0 unspecified atom stereocenters. The van der Waals surface area contributed by atoms with Gasteiger partial charge in [-0.2, -0.15) is 5.10 Å². The lowest BCUT2D eigenvalue weighted by molar-refractivity contribution is -0.142. The van der Waals surface area contributed by atoms with Gasteiger partial charge in [0.2, 0.25) is 11.5 Å². The van der Waals surface area contributed by atoms with E-state index in [4.69, 9.17) is 4.74 Å². The molecule has 0 bridgehead atoms. The first-order valence-corrected chi connectivity index (χ1v) is 9.66. The van der Waals surface area contributed by atoms with E-state index in [0.717, 1.165) is 10.9 Å². The summed E-state index contributed by atoms with van der Waals surface area (Å²) in [4.78, 5) is 38.9. The van der Waals surface area contributed by atoms with Crippen LogP contribution in [0.25, 0.3) is 10.9 Å². The molecule has 168 valence electrons. The highest BCUT2D eigenvalue weighted by Crippen LogP contribution is 2.21. The Kier molecular flexibility index (Phi) is 7.27. The summed E-state index contributed by atoms with van der Waals surface area (Å²) >= 11 is 0. The first-order valence-electron chi connectivity index (χ1n) is 9.66. The van der Waals surface area contributed by atoms with Crippen LogP contribution in [0.15, 0.2) is 81.5 Å². The zero-order chi connectivity index (χ0) is 23.8. The molecule has 11 nitrogen and oxygen atoms in total. The highest BCUT2D eigenvalue weighted by Gasteiger charge is 2.22. The minimum atomic E-state index is -1.27. The number of aromatic nitrogens is 1. The van der Waals surface area contributed by atoms with Gasteiger partial charge in [0, 0.05) is 22.7 Å². The fourth-order valence-electron chi connectivity index (χ4n) is 2.76. The number of aromatic carboxylic acids is 1. The zero-order valence-electron chi connectivity index (χ0n) is 17.3. The lowest BCUT2D eigenvalue weighted by Gasteiger charge is -2.05. The number of carbonyl (C=O) groups is 3. The number of ether oxygens (including phenoxy) is 1. The number of hydrogen-bond donors (Lipinski definition) is 4. The number of carbonyl (C=O) groups excluding carboxylic acids is 2. The van der Waals surface area contributed by atoms with Crippen molar-refractivity contribution in [2.75, 3.05) is 6.61 Å².